The van der Waals surface area contributed by atoms with Gasteiger partial charge in [-0.2, -0.15) is 0 Å². The summed E-state index contributed by atoms with van der Waals surface area (Å²) >= 11 is 0. The van der Waals surface area contributed by atoms with Crippen molar-refractivity contribution in [3.8, 4) is 5.75 Å². The topological polar surface area (TPSA) is 60.4 Å². The van der Waals surface area contributed by atoms with E-state index in [-0.39, 0.29) is 6.04 Å². The molecule has 1 atom stereocenters. The summed E-state index contributed by atoms with van der Waals surface area (Å²) in [4.78, 5) is 0. The minimum atomic E-state index is -0.218. The molecule has 0 amide bonds. The first kappa shape index (κ1) is 13.6. The van der Waals surface area contributed by atoms with Gasteiger partial charge in [0.1, 0.15) is 17.6 Å². The summed E-state index contributed by atoms with van der Waals surface area (Å²) in [6.45, 7) is 6.10. The van der Waals surface area contributed by atoms with Crippen molar-refractivity contribution >= 4 is 0 Å². The number of methoxy groups -OCH3 is 1. The number of benzene rings is 1. The molecule has 0 spiro atoms. The fraction of sp³-hybridized carbons (Fsp3) is 0.333. The van der Waals surface area contributed by atoms with Crippen molar-refractivity contribution in [2.45, 2.75) is 26.8 Å². The van der Waals surface area contributed by atoms with E-state index >= 15 is 0 Å². The molecule has 0 saturated carbocycles. The van der Waals surface area contributed by atoms with Gasteiger partial charge in [0.15, 0.2) is 0 Å². The zero-order valence-electron chi connectivity index (χ0n) is 11.8. The molecule has 0 aliphatic heterocycles. The van der Waals surface area contributed by atoms with Crippen LogP contribution in [0.25, 0.3) is 0 Å². The molecule has 102 valence electrons. The molecule has 0 aliphatic carbocycles. The van der Waals surface area contributed by atoms with Gasteiger partial charge in [-0.05, 0) is 43.5 Å². The molecule has 1 heterocycles. The summed E-state index contributed by atoms with van der Waals surface area (Å²) in [5.74, 6) is 7.37. The van der Waals surface area contributed by atoms with Crippen molar-refractivity contribution in [2.75, 3.05) is 7.11 Å². The van der Waals surface area contributed by atoms with Crippen LogP contribution in [0.15, 0.2) is 28.9 Å². The number of ether oxygens (including phenoxy) is 1. The van der Waals surface area contributed by atoms with Crippen LogP contribution in [0.5, 0.6) is 5.75 Å². The van der Waals surface area contributed by atoms with Gasteiger partial charge in [0, 0.05) is 5.56 Å². The Bertz CT molecular complexity index is 576. The fourth-order valence-corrected chi connectivity index (χ4v) is 2.30. The Morgan fingerprint density at radius 3 is 2.42 bits per heavy atom. The lowest BCUT2D eigenvalue weighted by Crippen LogP contribution is -2.29. The third-order valence-electron chi connectivity index (χ3n) is 3.55. The second-order valence-corrected chi connectivity index (χ2v) is 4.70. The minimum Gasteiger partial charge on any atom is -0.496 e. The van der Waals surface area contributed by atoms with E-state index in [1.165, 1.54) is 5.56 Å². The quantitative estimate of drug-likeness (QED) is 0.655. The van der Waals surface area contributed by atoms with E-state index in [4.69, 9.17) is 15.0 Å². The molecule has 4 heteroatoms. The normalized spacial score (nSPS) is 12.5. The Balaban J connectivity index is 2.56. The molecule has 1 aromatic heterocycles. The van der Waals surface area contributed by atoms with Gasteiger partial charge in [0.25, 0.3) is 0 Å². The average Bonchev–Trinajstić information content (AvgIpc) is 2.81. The first-order valence-corrected chi connectivity index (χ1v) is 6.24. The smallest absolute Gasteiger partial charge is 0.129 e. The van der Waals surface area contributed by atoms with Gasteiger partial charge in [-0.25, -0.2) is 5.43 Å². The summed E-state index contributed by atoms with van der Waals surface area (Å²) in [7, 11) is 1.67. The highest BCUT2D eigenvalue weighted by atomic mass is 16.5. The summed E-state index contributed by atoms with van der Waals surface area (Å²) in [5.41, 5.74) is 7.15. The van der Waals surface area contributed by atoms with Crippen LogP contribution in [0.4, 0.5) is 0 Å². The molecule has 2 aromatic rings. The first-order valence-electron chi connectivity index (χ1n) is 6.24. The van der Waals surface area contributed by atoms with Gasteiger partial charge in [0.2, 0.25) is 0 Å². The molecular formula is C15H20N2O2. The van der Waals surface area contributed by atoms with Crippen LogP contribution < -0.4 is 16.0 Å². The Hall–Kier alpha value is -1.78. The van der Waals surface area contributed by atoms with Crippen LogP contribution >= 0.6 is 0 Å². The van der Waals surface area contributed by atoms with Crippen LogP contribution in [0.3, 0.4) is 0 Å². The van der Waals surface area contributed by atoms with Crippen LogP contribution in [-0.2, 0) is 0 Å². The number of hydrogen-bond acceptors (Lipinski definition) is 4. The fourth-order valence-electron chi connectivity index (χ4n) is 2.30. The van der Waals surface area contributed by atoms with E-state index < -0.39 is 0 Å². The SMILES string of the molecule is COc1c(C(NN)c2occc2C)ccc(C)c1C. The van der Waals surface area contributed by atoms with Gasteiger partial charge in [-0.1, -0.05) is 12.1 Å². The lowest BCUT2D eigenvalue weighted by atomic mass is 9.97. The van der Waals surface area contributed by atoms with E-state index in [9.17, 15) is 0 Å². The Labute approximate surface area is 113 Å². The highest BCUT2D eigenvalue weighted by Gasteiger charge is 2.22. The largest absolute Gasteiger partial charge is 0.496 e. The molecule has 0 bridgehead atoms. The maximum absolute atomic E-state index is 5.71. The molecule has 1 aromatic carbocycles. The van der Waals surface area contributed by atoms with Gasteiger partial charge in [0.05, 0.1) is 13.4 Å². The second kappa shape index (κ2) is 5.47. The van der Waals surface area contributed by atoms with Crippen molar-refractivity contribution in [3.05, 3.63) is 52.5 Å². The zero-order valence-corrected chi connectivity index (χ0v) is 11.8. The van der Waals surface area contributed by atoms with Crippen molar-refractivity contribution in [3.63, 3.8) is 0 Å². The van der Waals surface area contributed by atoms with Crippen molar-refractivity contribution in [1.82, 2.24) is 5.43 Å². The molecule has 1 unspecified atom stereocenters. The Morgan fingerprint density at radius 1 is 1.16 bits per heavy atom. The molecule has 2 rings (SSSR count). The van der Waals surface area contributed by atoms with E-state index in [2.05, 4.69) is 18.4 Å². The van der Waals surface area contributed by atoms with Crippen LogP contribution in [0.1, 0.15) is 34.1 Å². The minimum absolute atomic E-state index is 0.218. The van der Waals surface area contributed by atoms with E-state index in [1.54, 1.807) is 13.4 Å². The van der Waals surface area contributed by atoms with Crippen molar-refractivity contribution in [1.29, 1.82) is 0 Å². The summed E-state index contributed by atoms with van der Waals surface area (Å²) < 4.78 is 11.1. The second-order valence-electron chi connectivity index (χ2n) is 4.70. The summed E-state index contributed by atoms with van der Waals surface area (Å²) in [5, 5.41) is 0. The molecular weight excluding hydrogens is 240 g/mol. The number of hydrogen-bond donors (Lipinski definition) is 2. The molecule has 19 heavy (non-hydrogen) atoms. The molecule has 0 fully saturated rings. The molecule has 4 nitrogen and oxygen atoms in total. The molecule has 3 N–H and O–H groups in total. The highest BCUT2D eigenvalue weighted by Crippen LogP contribution is 2.35. The average molecular weight is 260 g/mol. The van der Waals surface area contributed by atoms with Crippen molar-refractivity contribution in [2.24, 2.45) is 5.84 Å². The third kappa shape index (κ3) is 2.37. The van der Waals surface area contributed by atoms with Gasteiger partial charge in [-0.3, -0.25) is 5.84 Å². The van der Waals surface area contributed by atoms with Gasteiger partial charge in [-0.15, -0.1) is 0 Å². The number of furan rings is 1. The van der Waals surface area contributed by atoms with Crippen LogP contribution in [-0.4, -0.2) is 7.11 Å². The van der Waals surface area contributed by atoms with E-state index in [0.29, 0.717) is 0 Å². The molecule has 0 aliphatic rings. The van der Waals surface area contributed by atoms with Gasteiger partial charge >= 0.3 is 0 Å². The van der Waals surface area contributed by atoms with E-state index in [1.807, 2.05) is 26.0 Å². The maximum atomic E-state index is 5.71. The number of hydrazine groups is 1. The standard InChI is InChI=1S/C15H20N2O2/c1-9-5-6-12(15(18-4)11(9)3)13(17-16)14-10(2)7-8-19-14/h5-8,13,17H,16H2,1-4H3. The lowest BCUT2D eigenvalue weighted by Gasteiger charge is -2.20. The number of nitrogens with one attached hydrogen (secondary N) is 1. The van der Waals surface area contributed by atoms with Gasteiger partial charge < -0.3 is 9.15 Å². The lowest BCUT2D eigenvalue weighted by molar-refractivity contribution is 0.390. The number of aryl methyl sites for hydroxylation is 2. The first-order chi connectivity index (χ1) is 9.10. The Kier molecular flexibility index (Phi) is 3.93. The number of nitrogens with two attached hydrogens (primary N) is 1. The van der Waals surface area contributed by atoms with Crippen molar-refractivity contribution < 1.29 is 9.15 Å². The molecule has 0 radical (unpaired) electrons. The Morgan fingerprint density at radius 2 is 1.89 bits per heavy atom. The predicted octanol–water partition coefficient (Wildman–Crippen LogP) is 2.77. The number of rotatable bonds is 4. The third-order valence-corrected chi connectivity index (χ3v) is 3.55. The maximum Gasteiger partial charge on any atom is 0.129 e. The monoisotopic (exact) mass is 260 g/mol. The molecule has 0 saturated heterocycles. The highest BCUT2D eigenvalue weighted by molar-refractivity contribution is 5.49. The van der Waals surface area contributed by atoms with Crippen LogP contribution in [0, 0.1) is 20.8 Å². The summed E-state index contributed by atoms with van der Waals surface area (Å²) in [6.07, 6.45) is 1.67. The predicted molar refractivity (Wildman–Crippen MR) is 75.1 cm³/mol. The zero-order chi connectivity index (χ0) is 14.0. The summed E-state index contributed by atoms with van der Waals surface area (Å²) in [6, 6.07) is 5.79. The van der Waals surface area contributed by atoms with E-state index in [0.717, 1.165) is 28.2 Å². The van der Waals surface area contributed by atoms with Crippen LogP contribution in [0.2, 0.25) is 0 Å².